The Bertz CT molecular complexity index is 854. The summed E-state index contributed by atoms with van der Waals surface area (Å²) in [5.74, 6) is -0.620. The molecule has 0 bridgehead atoms. The van der Waals surface area contributed by atoms with Crippen LogP contribution in [0.15, 0.2) is 53.3 Å². The molecule has 136 valence electrons. The topological polar surface area (TPSA) is 101 Å². The Labute approximate surface area is 160 Å². The van der Waals surface area contributed by atoms with Crippen LogP contribution in [0.3, 0.4) is 0 Å². The summed E-state index contributed by atoms with van der Waals surface area (Å²) in [6, 6.07) is 6.75. The van der Waals surface area contributed by atoms with Gasteiger partial charge in [-0.3, -0.25) is 15.2 Å². The molecule has 4 N–H and O–H groups in total. The Hall–Kier alpha value is -2.52. The fraction of sp³-hybridized carbons (Fsp3) is 0.0625. The maximum absolute atomic E-state index is 12.6. The van der Waals surface area contributed by atoms with Crippen molar-refractivity contribution in [3.05, 3.63) is 64.5 Å². The van der Waals surface area contributed by atoms with E-state index in [1.807, 2.05) is 0 Å². The molecule has 1 heterocycles. The number of anilines is 1. The van der Waals surface area contributed by atoms with Gasteiger partial charge < -0.3 is 15.8 Å². The van der Waals surface area contributed by atoms with Crippen LogP contribution in [0.4, 0.5) is 14.5 Å². The number of nitrogens with two attached hydrogens (primary N) is 1. The van der Waals surface area contributed by atoms with Crippen LogP contribution in [-0.4, -0.2) is 22.2 Å². The van der Waals surface area contributed by atoms with Crippen LogP contribution in [0.5, 0.6) is 5.75 Å². The van der Waals surface area contributed by atoms with Gasteiger partial charge in [-0.2, -0.15) is 0 Å². The van der Waals surface area contributed by atoms with Gasteiger partial charge in [0.05, 0.1) is 11.3 Å². The third-order valence-electron chi connectivity index (χ3n) is 2.97. The smallest absolute Gasteiger partial charge is 0.420 e. The molecule has 0 saturated heterocycles. The minimum absolute atomic E-state index is 0.0815. The molecule has 2 rings (SSSR count). The van der Waals surface area contributed by atoms with Gasteiger partial charge in [-0.05, 0) is 58.5 Å². The summed E-state index contributed by atoms with van der Waals surface area (Å²) in [6.45, 7) is 0. The number of benzene rings is 1. The number of carbonyl (C=O) groups is 1. The summed E-state index contributed by atoms with van der Waals surface area (Å²) in [4.78, 5) is 16.3. The number of carbonyl (C=O) groups excluding carboxylic acids is 1. The quantitative estimate of drug-likeness (QED) is 0.460. The van der Waals surface area contributed by atoms with Crippen molar-refractivity contribution >= 4 is 44.8 Å². The molecule has 1 amide bonds. The third kappa shape index (κ3) is 5.50. The van der Waals surface area contributed by atoms with Gasteiger partial charge in [0.1, 0.15) is 11.4 Å². The first-order valence-electron chi connectivity index (χ1n) is 6.99. The molecule has 10 heteroatoms. The minimum Gasteiger partial charge on any atom is -0.420 e. The largest absolute Gasteiger partial charge is 0.487 e. The number of aromatic nitrogens is 1. The highest BCUT2D eigenvalue weighted by atomic mass is 79.9. The van der Waals surface area contributed by atoms with Crippen molar-refractivity contribution in [2.75, 3.05) is 5.32 Å². The second-order valence-corrected chi connectivity index (χ2v) is 6.15. The zero-order chi connectivity index (χ0) is 19.3. The molecule has 0 saturated carbocycles. The molecular formula is C16H12BrClF2N4O2. The van der Waals surface area contributed by atoms with Crippen molar-refractivity contribution in [1.29, 1.82) is 5.41 Å². The van der Waals surface area contributed by atoms with Crippen LogP contribution in [-0.2, 0) is 0 Å². The van der Waals surface area contributed by atoms with Crippen molar-refractivity contribution in [3.8, 4) is 5.75 Å². The molecule has 0 radical (unpaired) electrons. The highest BCUT2D eigenvalue weighted by Gasteiger charge is 2.27. The Kier molecular flexibility index (Phi) is 6.27. The van der Waals surface area contributed by atoms with Crippen LogP contribution in [0.2, 0.25) is 0 Å². The van der Waals surface area contributed by atoms with E-state index in [9.17, 15) is 13.6 Å². The van der Waals surface area contributed by atoms with Gasteiger partial charge in [0.15, 0.2) is 0 Å². The lowest BCUT2D eigenvalue weighted by molar-refractivity contribution is -0.0964. The summed E-state index contributed by atoms with van der Waals surface area (Å²) >= 11 is 7.93. The second kappa shape index (κ2) is 8.24. The average Bonchev–Trinajstić information content (AvgIpc) is 2.55. The number of rotatable bonds is 6. The molecule has 1 aromatic heterocycles. The summed E-state index contributed by atoms with van der Waals surface area (Å²) in [5, 5.41) is 10.4. The highest BCUT2D eigenvalue weighted by molar-refractivity contribution is 9.10. The number of allylic oxidation sites excluding steroid dienone is 1. The van der Waals surface area contributed by atoms with Crippen LogP contribution < -0.4 is 15.8 Å². The molecule has 0 spiro atoms. The van der Waals surface area contributed by atoms with Crippen molar-refractivity contribution in [3.63, 3.8) is 0 Å². The fourth-order valence-corrected chi connectivity index (χ4v) is 2.53. The van der Waals surface area contributed by atoms with Crippen molar-refractivity contribution in [1.82, 2.24) is 4.98 Å². The van der Waals surface area contributed by atoms with Crippen LogP contribution in [0.1, 0.15) is 16.1 Å². The number of amides is 1. The Morgan fingerprint density at radius 3 is 2.58 bits per heavy atom. The molecule has 6 nitrogen and oxygen atoms in total. The van der Waals surface area contributed by atoms with Crippen LogP contribution in [0.25, 0.3) is 0 Å². The van der Waals surface area contributed by atoms with Gasteiger partial charge in [0, 0.05) is 28.0 Å². The minimum atomic E-state index is -3.81. The fourth-order valence-electron chi connectivity index (χ4n) is 1.88. The summed E-state index contributed by atoms with van der Waals surface area (Å²) in [7, 11) is 0. The number of nitrogens with one attached hydrogen (secondary N) is 2. The molecule has 0 aliphatic heterocycles. The summed E-state index contributed by atoms with van der Waals surface area (Å²) in [5.41, 5.74) is 2.43. The second-order valence-electron chi connectivity index (χ2n) is 4.85. The van der Waals surface area contributed by atoms with E-state index in [1.165, 1.54) is 48.8 Å². The van der Waals surface area contributed by atoms with Gasteiger partial charge >= 0.3 is 5.57 Å². The maximum Gasteiger partial charge on any atom is 0.487 e. The van der Waals surface area contributed by atoms with E-state index in [4.69, 9.17) is 11.1 Å². The number of nitrogens with zero attached hydrogens (tertiary/aromatic N) is 1. The molecule has 0 aliphatic rings. The molecule has 0 fully saturated rings. The number of halogens is 4. The van der Waals surface area contributed by atoms with E-state index in [1.54, 1.807) is 0 Å². The van der Waals surface area contributed by atoms with Crippen LogP contribution in [0, 0.1) is 5.41 Å². The SMILES string of the molecule is N=C(C=CN)c1ncc(C(=O)Nc2ccc(OC(F)(F)Cl)cc2)cc1Br. The van der Waals surface area contributed by atoms with E-state index >= 15 is 0 Å². The predicted octanol–water partition coefficient (Wildman–Crippen LogP) is 4.10. The zero-order valence-electron chi connectivity index (χ0n) is 13.0. The number of alkyl halides is 3. The van der Waals surface area contributed by atoms with Gasteiger partial charge in [0.25, 0.3) is 5.91 Å². The Morgan fingerprint density at radius 1 is 1.38 bits per heavy atom. The lowest BCUT2D eigenvalue weighted by Crippen LogP contribution is -2.16. The lowest BCUT2D eigenvalue weighted by Gasteiger charge is -2.11. The van der Waals surface area contributed by atoms with Gasteiger partial charge in [-0.15, -0.1) is 8.78 Å². The monoisotopic (exact) mass is 444 g/mol. The van der Waals surface area contributed by atoms with E-state index in [2.05, 4.69) is 42.6 Å². The van der Waals surface area contributed by atoms with Gasteiger partial charge in [-0.25, -0.2) is 0 Å². The molecule has 0 aliphatic carbocycles. The molecule has 26 heavy (non-hydrogen) atoms. The normalized spacial score (nSPS) is 11.4. The Morgan fingerprint density at radius 2 is 2.04 bits per heavy atom. The highest BCUT2D eigenvalue weighted by Crippen LogP contribution is 2.26. The standard InChI is InChI=1S/C16H12BrClF2N4O2/c17-12-7-9(8-23-14(12)13(22)5-6-21)15(25)24-10-1-3-11(4-2-10)26-16(18,19)20/h1-8,22H,21H2,(H,24,25). The van der Waals surface area contributed by atoms with Crippen LogP contribution >= 0.6 is 27.5 Å². The predicted molar refractivity (Wildman–Crippen MR) is 97.9 cm³/mol. The van der Waals surface area contributed by atoms with Gasteiger partial charge in [0.2, 0.25) is 0 Å². The summed E-state index contributed by atoms with van der Waals surface area (Å²) < 4.78 is 29.7. The Balaban J connectivity index is 2.10. The molecular weight excluding hydrogens is 434 g/mol. The molecule has 2 aromatic rings. The zero-order valence-corrected chi connectivity index (χ0v) is 15.3. The molecule has 0 unspecified atom stereocenters. The number of hydrogen-bond donors (Lipinski definition) is 3. The van der Waals surface area contributed by atoms with E-state index in [-0.39, 0.29) is 17.0 Å². The first-order chi connectivity index (χ1) is 12.2. The average molecular weight is 446 g/mol. The van der Waals surface area contributed by atoms with Crippen molar-refractivity contribution < 1.29 is 18.3 Å². The molecule has 1 aromatic carbocycles. The van der Waals surface area contributed by atoms with E-state index < -0.39 is 11.5 Å². The number of pyridine rings is 1. The lowest BCUT2D eigenvalue weighted by atomic mass is 10.2. The van der Waals surface area contributed by atoms with Crippen molar-refractivity contribution in [2.24, 2.45) is 5.73 Å². The van der Waals surface area contributed by atoms with E-state index in [0.717, 1.165) is 0 Å². The number of hydrogen-bond acceptors (Lipinski definition) is 5. The summed E-state index contributed by atoms with van der Waals surface area (Å²) in [6.07, 6.45) is 3.88. The number of ether oxygens (including phenoxy) is 1. The first-order valence-corrected chi connectivity index (χ1v) is 8.16. The van der Waals surface area contributed by atoms with Crippen molar-refractivity contribution in [2.45, 2.75) is 5.57 Å². The van der Waals surface area contributed by atoms with Gasteiger partial charge in [-0.1, -0.05) is 0 Å². The third-order valence-corrected chi connectivity index (χ3v) is 3.65. The first kappa shape index (κ1) is 19.8. The van der Waals surface area contributed by atoms with E-state index in [0.29, 0.717) is 15.9 Å². The molecule has 0 atom stereocenters. The maximum atomic E-state index is 12.6.